The highest BCUT2D eigenvalue weighted by Gasteiger charge is 2.54. The Bertz CT molecular complexity index is 1280. The fraction of sp³-hybridized carbons (Fsp3) is 0.276. The van der Waals surface area contributed by atoms with E-state index in [0.29, 0.717) is 35.6 Å². The topological polar surface area (TPSA) is 72.9 Å². The van der Waals surface area contributed by atoms with Crippen molar-refractivity contribution in [3.05, 3.63) is 89.0 Å². The molecule has 5 rings (SSSR count). The van der Waals surface area contributed by atoms with Crippen LogP contribution in [0.4, 0.5) is 0 Å². The van der Waals surface area contributed by atoms with Gasteiger partial charge in [-0.3, -0.25) is 14.4 Å². The first kappa shape index (κ1) is 22.8. The highest BCUT2D eigenvalue weighted by atomic mass is 16.5. The monoisotopic (exact) mass is 469 g/mol. The zero-order valence-electron chi connectivity index (χ0n) is 19.9. The van der Waals surface area contributed by atoms with Crippen LogP contribution in [0.15, 0.2) is 77.9 Å². The van der Waals surface area contributed by atoms with Gasteiger partial charge in [-0.1, -0.05) is 30.3 Å². The van der Waals surface area contributed by atoms with E-state index in [2.05, 4.69) is 0 Å². The lowest BCUT2D eigenvalue weighted by molar-refractivity contribution is -0.128. The fourth-order valence-corrected chi connectivity index (χ4v) is 5.49. The second-order valence-electron chi connectivity index (χ2n) is 8.98. The predicted octanol–water partition coefficient (Wildman–Crippen LogP) is 4.56. The number of hydrogen-bond donors (Lipinski definition) is 0. The van der Waals surface area contributed by atoms with Gasteiger partial charge in [-0.25, -0.2) is 0 Å². The standard InChI is InChI=1S/C29H27NO5/c1-34-23-15-20(16-24(18-23)35-2)26(32)11-10-25-27(19-7-4-3-5-8-19)29-13-12-22(31)17-21(29)9-6-14-30(29)28(25)33/h3-5,7-8,12-13,15-18H,6,9-11,14H2,1-2H3. The molecule has 35 heavy (non-hydrogen) atoms. The number of Topliss-reactive ketones (excluding diaryl/α,β-unsaturated/α-hetero) is 1. The van der Waals surface area contributed by atoms with E-state index in [1.807, 2.05) is 41.3 Å². The molecule has 178 valence electrons. The molecule has 1 amide bonds. The van der Waals surface area contributed by atoms with E-state index in [0.717, 1.165) is 29.6 Å². The van der Waals surface area contributed by atoms with Crippen molar-refractivity contribution in [3.63, 3.8) is 0 Å². The molecule has 2 heterocycles. The van der Waals surface area contributed by atoms with Gasteiger partial charge in [-0.15, -0.1) is 0 Å². The number of piperidine rings is 1. The largest absolute Gasteiger partial charge is 0.497 e. The van der Waals surface area contributed by atoms with Crippen LogP contribution in [-0.4, -0.2) is 48.7 Å². The van der Waals surface area contributed by atoms with Crippen molar-refractivity contribution in [3.8, 4) is 11.5 Å². The van der Waals surface area contributed by atoms with Gasteiger partial charge in [0, 0.05) is 35.7 Å². The molecule has 6 heteroatoms. The average molecular weight is 470 g/mol. The minimum atomic E-state index is -0.762. The van der Waals surface area contributed by atoms with Crippen molar-refractivity contribution >= 4 is 23.0 Å². The van der Waals surface area contributed by atoms with Gasteiger partial charge in [0.25, 0.3) is 5.91 Å². The van der Waals surface area contributed by atoms with Gasteiger partial charge in [-0.05, 0) is 60.8 Å². The molecule has 1 unspecified atom stereocenters. The first-order chi connectivity index (χ1) is 17.0. The number of hydrogen-bond acceptors (Lipinski definition) is 5. The van der Waals surface area contributed by atoms with Crippen molar-refractivity contribution in [2.75, 3.05) is 20.8 Å². The summed E-state index contributed by atoms with van der Waals surface area (Å²) >= 11 is 0. The van der Waals surface area contributed by atoms with Crippen LogP contribution >= 0.6 is 0 Å². The van der Waals surface area contributed by atoms with Crippen LogP contribution in [0.3, 0.4) is 0 Å². The lowest BCUT2D eigenvalue weighted by Gasteiger charge is -2.45. The number of ether oxygens (including phenoxy) is 2. The molecule has 0 aromatic heterocycles. The minimum Gasteiger partial charge on any atom is -0.497 e. The summed E-state index contributed by atoms with van der Waals surface area (Å²) in [6.07, 6.45) is 7.15. The number of methoxy groups -OCH3 is 2. The van der Waals surface area contributed by atoms with E-state index >= 15 is 0 Å². The second-order valence-corrected chi connectivity index (χ2v) is 8.98. The van der Waals surface area contributed by atoms with Crippen molar-refractivity contribution in [1.82, 2.24) is 4.90 Å². The van der Waals surface area contributed by atoms with Crippen LogP contribution in [0.5, 0.6) is 11.5 Å². The molecule has 2 aromatic rings. The van der Waals surface area contributed by atoms with Gasteiger partial charge >= 0.3 is 0 Å². The van der Waals surface area contributed by atoms with Gasteiger partial charge in [0.1, 0.15) is 17.0 Å². The van der Waals surface area contributed by atoms with E-state index < -0.39 is 5.54 Å². The van der Waals surface area contributed by atoms with Crippen LogP contribution in [0.1, 0.15) is 41.6 Å². The van der Waals surface area contributed by atoms with E-state index in [4.69, 9.17) is 9.47 Å². The Morgan fingerprint density at radius 3 is 2.43 bits per heavy atom. The fourth-order valence-electron chi connectivity index (χ4n) is 5.49. The Morgan fingerprint density at radius 1 is 1.03 bits per heavy atom. The van der Waals surface area contributed by atoms with Crippen LogP contribution in [0, 0.1) is 0 Å². The quantitative estimate of drug-likeness (QED) is 0.556. The first-order valence-electron chi connectivity index (χ1n) is 11.8. The average Bonchev–Trinajstić information content (AvgIpc) is 3.14. The number of allylic oxidation sites excluding steroid dienone is 2. The molecule has 1 aliphatic carbocycles. The molecule has 1 saturated heterocycles. The van der Waals surface area contributed by atoms with E-state index in [1.165, 1.54) is 0 Å². The third kappa shape index (κ3) is 3.79. The van der Waals surface area contributed by atoms with Crippen LogP contribution in [0.2, 0.25) is 0 Å². The van der Waals surface area contributed by atoms with Gasteiger partial charge in [0.2, 0.25) is 0 Å². The summed E-state index contributed by atoms with van der Waals surface area (Å²) < 4.78 is 10.6. The highest BCUT2D eigenvalue weighted by molar-refractivity contribution is 6.14. The molecule has 0 N–H and O–H groups in total. The minimum absolute atomic E-state index is 0.0528. The smallest absolute Gasteiger partial charge is 0.251 e. The van der Waals surface area contributed by atoms with Crippen LogP contribution < -0.4 is 9.47 Å². The maximum atomic E-state index is 13.8. The van der Waals surface area contributed by atoms with Crippen LogP contribution in [0.25, 0.3) is 5.57 Å². The molecule has 0 bridgehead atoms. The summed E-state index contributed by atoms with van der Waals surface area (Å²) in [6, 6.07) is 14.9. The molecule has 1 spiro atoms. The Morgan fingerprint density at radius 2 is 1.74 bits per heavy atom. The predicted molar refractivity (Wildman–Crippen MR) is 132 cm³/mol. The van der Waals surface area contributed by atoms with Gasteiger partial charge in [0.15, 0.2) is 11.6 Å². The zero-order valence-corrected chi connectivity index (χ0v) is 19.9. The summed E-state index contributed by atoms with van der Waals surface area (Å²) in [6.45, 7) is 0.607. The number of carbonyl (C=O) groups excluding carboxylic acids is 3. The molecule has 3 aliphatic rings. The second kappa shape index (κ2) is 9.02. The maximum absolute atomic E-state index is 13.8. The molecule has 2 aromatic carbocycles. The molecule has 1 fully saturated rings. The lowest BCUT2D eigenvalue weighted by Crippen LogP contribution is -2.52. The van der Waals surface area contributed by atoms with Gasteiger partial charge in [-0.2, -0.15) is 0 Å². The summed E-state index contributed by atoms with van der Waals surface area (Å²) in [7, 11) is 3.08. The third-order valence-electron chi connectivity index (χ3n) is 7.07. The number of ketones is 2. The maximum Gasteiger partial charge on any atom is 0.251 e. The van der Waals surface area contributed by atoms with E-state index in [-0.39, 0.29) is 23.9 Å². The molecule has 1 atom stereocenters. The Labute approximate surface area is 204 Å². The van der Waals surface area contributed by atoms with Crippen molar-refractivity contribution in [1.29, 1.82) is 0 Å². The van der Waals surface area contributed by atoms with Crippen molar-refractivity contribution in [2.24, 2.45) is 0 Å². The number of rotatable bonds is 7. The number of nitrogens with zero attached hydrogens (tertiary/aromatic N) is 1. The molecule has 2 aliphatic heterocycles. The van der Waals surface area contributed by atoms with Gasteiger partial charge in [0.05, 0.1) is 14.2 Å². The summed E-state index contributed by atoms with van der Waals surface area (Å²) in [5.74, 6) is 0.864. The normalized spacial score (nSPS) is 21.0. The van der Waals surface area contributed by atoms with Crippen LogP contribution in [-0.2, 0) is 9.59 Å². The zero-order chi connectivity index (χ0) is 24.6. The summed E-state index contributed by atoms with van der Waals surface area (Å²) in [5, 5.41) is 0. The third-order valence-corrected chi connectivity index (χ3v) is 7.07. The lowest BCUT2D eigenvalue weighted by atomic mass is 9.72. The van der Waals surface area contributed by atoms with Crippen molar-refractivity contribution in [2.45, 2.75) is 31.2 Å². The molecular weight excluding hydrogens is 442 g/mol. The first-order valence-corrected chi connectivity index (χ1v) is 11.8. The summed E-state index contributed by atoms with van der Waals surface area (Å²) in [4.78, 5) is 41.1. The molecule has 6 nitrogen and oxygen atoms in total. The Balaban J connectivity index is 1.56. The van der Waals surface area contributed by atoms with Gasteiger partial charge < -0.3 is 14.4 Å². The van der Waals surface area contributed by atoms with E-state index in [1.54, 1.807) is 44.6 Å². The molecule has 0 saturated carbocycles. The summed E-state index contributed by atoms with van der Waals surface area (Å²) in [5.41, 5.74) is 3.11. The Kier molecular flexibility index (Phi) is 5.89. The number of amides is 1. The molecular formula is C29H27NO5. The SMILES string of the molecule is COc1cc(OC)cc(C(=O)CCC2=C(c3ccccc3)C34C=CC(=O)C=C3CCCN4C2=O)c1. The number of carbonyl (C=O) groups is 3. The van der Waals surface area contributed by atoms with Crippen molar-refractivity contribution < 1.29 is 23.9 Å². The number of benzene rings is 2. The highest BCUT2D eigenvalue weighted by Crippen LogP contribution is 2.52. The molecule has 0 radical (unpaired) electrons. The Hall–Kier alpha value is -3.93. The van der Waals surface area contributed by atoms with E-state index in [9.17, 15) is 14.4 Å².